The first-order chi connectivity index (χ1) is 8.95. The summed E-state index contributed by atoms with van der Waals surface area (Å²) >= 11 is 6.36. The number of nitrogens with zero attached hydrogens (tertiary/aromatic N) is 2. The molecule has 0 bridgehead atoms. The van der Waals surface area contributed by atoms with Crippen molar-refractivity contribution < 1.29 is 0 Å². The number of rotatable bonds is 5. The van der Waals surface area contributed by atoms with Crippen molar-refractivity contribution in [2.24, 2.45) is 12.5 Å². The Balaban J connectivity index is 2.02. The summed E-state index contributed by atoms with van der Waals surface area (Å²) in [6.45, 7) is 7.81. The highest BCUT2D eigenvalue weighted by molar-refractivity contribution is 6.30. The van der Waals surface area contributed by atoms with Gasteiger partial charge in [0.2, 0.25) is 0 Å². The van der Waals surface area contributed by atoms with Crippen LogP contribution in [0.3, 0.4) is 0 Å². The molecule has 0 aliphatic heterocycles. The second kappa shape index (κ2) is 5.84. The van der Waals surface area contributed by atoms with E-state index in [0.29, 0.717) is 11.5 Å². The minimum Gasteiger partial charge on any atom is -0.314 e. The van der Waals surface area contributed by atoms with Gasteiger partial charge >= 0.3 is 0 Å². The fraction of sp³-hybridized carbons (Fsp3) is 0.800. The van der Waals surface area contributed by atoms with Gasteiger partial charge in [-0.1, -0.05) is 25.4 Å². The molecule has 1 fully saturated rings. The number of aromatic nitrogens is 2. The third-order valence-electron chi connectivity index (χ3n) is 4.39. The monoisotopic (exact) mass is 283 g/mol. The normalized spacial score (nSPS) is 27.1. The molecule has 0 saturated heterocycles. The van der Waals surface area contributed by atoms with Gasteiger partial charge in [-0.05, 0) is 51.0 Å². The zero-order valence-electron chi connectivity index (χ0n) is 12.6. The van der Waals surface area contributed by atoms with Crippen LogP contribution in [0, 0.1) is 12.3 Å². The number of hydrogen-bond donors (Lipinski definition) is 1. The van der Waals surface area contributed by atoms with Crippen LogP contribution in [0.15, 0.2) is 0 Å². The quantitative estimate of drug-likeness (QED) is 0.897. The number of halogens is 1. The van der Waals surface area contributed by atoms with E-state index >= 15 is 0 Å². The van der Waals surface area contributed by atoms with E-state index in [-0.39, 0.29) is 0 Å². The van der Waals surface area contributed by atoms with Crippen molar-refractivity contribution in [3.63, 3.8) is 0 Å². The molecular formula is C15H26ClN3. The van der Waals surface area contributed by atoms with Crippen molar-refractivity contribution >= 4 is 11.6 Å². The molecular weight excluding hydrogens is 258 g/mol. The first-order valence-electron chi connectivity index (χ1n) is 7.36. The summed E-state index contributed by atoms with van der Waals surface area (Å²) < 4.78 is 1.79. The number of nitrogens with one attached hydrogen (secondary N) is 1. The van der Waals surface area contributed by atoms with Gasteiger partial charge in [0.05, 0.1) is 5.69 Å². The smallest absolute Gasteiger partial charge is 0.130 e. The lowest BCUT2D eigenvalue weighted by Gasteiger charge is -2.24. The first-order valence-corrected chi connectivity index (χ1v) is 7.74. The van der Waals surface area contributed by atoms with E-state index in [2.05, 4.69) is 31.2 Å². The second-order valence-corrected chi connectivity index (χ2v) is 6.72. The molecule has 2 unspecified atom stereocenters. The van der Waals surface area contributed by atoms with E-state index in [1.807, 2.05) is 7.05 Å². The molecule has 1 aliphatic carbocycles. The van der Waals surface area contributed by atoms with E-state index in [1.54, 1.807) is 4.68 Å². The average Bonchev–Trinajstić information content (AvgIpc) is 2.84. The topological polar surface area (TPSA) is 29.9 Å². The summed E-state index contributed by atoms with van der Waals surface area (Å²) in [5.41, 5.74) is 2.68. The van der Waals surface area contributed by atoms with Gasteiger partial charge in [-0.2, -0.15) is 5.10 Å². The highest BCUT2D eigenvalue weighted by atomic mass is 35.5. The standard InChI is InChI=1S/C15H26ClN3/c1-5-8-17-12-6-7-15(3,9-12)10-13-11(2)18-19(4)14(13)16/h12,17H,5-10H2,1-4H3. The van der Waals surface area contributed by atoms with Gasteiger partial charge in [-0.25, -0.2) is 0 Å². The molecule has 0 amide bonds. The third-order valence-corrected chi connectivity index (χ3v) is 4.86. The Kier molecular flexibility index (Phi) is 4.57. The van der Waals surface area contributed by atoms with Crippen LogP contribution in [0.5, 0.6) is 0 Å². The van der Waals surface area contributed by atoms with E-state index < -0.39 is 0 Å². The molecule has 19 heavy (non-hydrogen) atoms. The van der Waals surface area contributed by atoms with E-state index in [1.165, 1.54) is 31.2 Å². The molecule has 1 N–H and O–H groups in total. The minimum atomic E-state index is 0.364. The van der Waals surface area contributed by atoms with Gasteiger partial charge < -0.3 is 5.32 Å². The Labute approximate surface area is 121 Å². The summed E-state index contributed by atoms with van der Waals surface area (Å²) in [5.74, 6) is 0. The zero-order valence-corrected chi connectivity index (χ0v) is 13.3. The SMILES string of the molecule is CCCNC1CCC(C)(Cc2c(C)nn(C)c2Cl)C1. The molecule has 4 heteroatoms. The van der Waals surface area contributed by atoms with Gasteiger partial charge in [0.25, 0.3) is 0 Å². The maximum absolute atomic E-state index is 6.36. The molecule has 0 radical (unpaired) electrons. The molecule has 2 rings (SSSR count). The van der Waals surface area contributed by atoms with Crippen LogP contribution in [0.25, 0.3) is 0 Å². The molecule has 0 aromatic carbocycles. The van der Waals surface area contributed by atoms with E-state index in [0.717, 1.165) is 23.8 Å². The summed E-state index contributed by atoms with van der Waals surface area (Å²) in [6.07, 6.45) is 6.07. The van der Waals surface area contributed by atoms with Gasteiger partial charge in [0.1, 0.15) is 5.15 Å². The highest BCUT2D eigenvalue weighted by Gasteiger charge is 2.36. The van der Waals surface area contributed by atoms with Crippen molar-refractivity contribution in [1.82, 2.24) is 15.1 Å². The Bertz CT molecular complexity index is 441. The fourth-order valence-corrected chi connectivity index (χ4v) is 3.55. The predicted octanol–water partition coefficient (Wildman–Crippen LogP) is 3.48. The minimum absolute atomic E-state index is 0.364. The van der Waals surface area contributed by atoms with Gasteiger partial charge in [0.15, 0.2) is 0 Å². The lowest BCUT2D eigenvalue weighted by Crippen LogP contribution is -2.29. The van der Waals surface area contributed by atoms with Gasteiger partial charge in [-0.15, -0.1) is 0 Å². The van der Waals surface area contributed by atoms with Crippen LogP contribution in [-0.4, -0.2) is 22.4 Å². The Morgan fingerprint density at radius 3 is 2.84 bits per heavy atom. The maximum atomic E-state index is 6.36. The lowest BCUT2D eigenvalue weighted by molar-refractivity contribution is 0.321. The summed E-state index contributed by atoms with van der Waals surface area (Å²) in [6, 6.07) is 0.681. The summed E-state index contributed by atoms with van der Waals surface area (Å²) in [7, 11) is 1.92. The Morgan fingerprint density at radius 2 is 2.26 bits per heavy atom. The van der Waals surface area contributed by atoms with Gasteiger partial charge in [-0.3, -0.25) is 4.68 Å². The van der Waals surface area contributed by atoms with Crippen LogP contribution in [0.4, 0.5) is 0 Å². The molecule has 108 valence electrons. The molecule has 3 nitrogen and oxygen atoms in total. The highest BCUT2D eigenvalue weighted by Crippen LogP contribution is 2.42. The molecule has 2 atom stereocenters. The predicted molar refractivity (Wildman–Crippen MR) is 80.7 cm³/mol. The lowest BCUT2D eigenvalue weighted by atomic mass is 9.82. The average molecular weight is 284 g/mol. The van der Waals surface area contributed by atoms with Crippen molar-refractivity contribution in [3.05, 3.63) is 16.4 Å². The van der Waals surface area contributed by atoms with E-state index in [4.69, 9.17) is 11.6 Å². The molecule has 1 aromatic rings. The Hall–Kier alpha value is -0.540. The molecule has 1 aromatic heterocycles. The summed E-state index contributed by atoms with van der Waals surface area (Å²) in [4.78, 5) is 0. The second-order valence-electron chi connectivity index (χ2n) is 6.36. The van der Waals surface area contributed by atoms with Crippen molar-refractivity contribution in [3.8, 4) is 0 Å². The van der Waals surface area contributed by atoms with Crippen molar-refractivity contribution in [1.29, 1.82) is 0 Å². The molecule has 1 heterocycles. The van der Waals surface area contributed by atoms with Crippen molar-refractivity contribution in [2.45, 2.75) is 58.9 Å². The van der Waals surface area contributed by atoms with Crippen molar-refractivity contribution in [2.75, 3.05) is 6.54 Å². The van der Waals surface area contributed by atoms with Crippen LogP contribution >= 0.6 is 11.6 Å². The van der Waals surface area contributed by atoms with Crippen LogP contribution in [-0.2, 0) is 13.5 Å². The summed E-state index contributed by atoms with van der Waals surface area (Å²) in [5, 5.41) is 8.88. The van der Waals surface area contributed by atoms with Crippen LogP contribution < -0.4 is 5.32 Å². The maximum Gasteiger partial charge on any atom is 0.130 e. The van der Waals surface area contributed by atoms with Crippen LogP contribution in [0.2, 0.25) is 5.15 Å². The van der Waals surface area contributed by atoms with Crippen LogP contribution in [0.1, 0.15) is 50.8 Å². The number of aryl methyl sites for hydroxylation is 2. The molecule has 1 saturated carbocycles. The number of hydrogen-bond acceptors (Lipinski definition) is 2. The van der Waals surface area contributed by atoms with E-state index in [9.17, 15) is 0 Å². The fourth-order valence-electron chi connectivity index (χ4n) is 3.31. The molecule has 1 aliphatic rings. The molecule has 0 spiro atoms. The largest absolute Gasteiger partial charge is 0.314 e. The Morgan fingerprint density at radius 1 is 1.53 bits per heavy atom. The zero-order chi connectivity index (χ0) is 14.0. The first kappa shape index (κ1) is 14.9. The van der Waals surface area contributed by atoms with Gasteiger partial charge in [0, 0.05) is 18.7 Å². The third kappa shape index (κ3) is 3.32.